The SMILES string of the molecule is CC1(C)OC(=O)C(Oc2c[nH]cn2)=C1c1ccc(S(C)(=O)=O)cc1. The lowest BCUT2D eigenvalue weighted by atomic mass is 9.92. The second-order valence-electron chi connectivity index (χ2n) is 5.91. The van der Waals surface area contributed by atoms with Gasteiger partial charge < -0.3 is 14.5 Å². The monoisotopic (exact) mass is 348 g/mol. The maximum atomic E-state index is 12.2. The summed E-state index contributed by atoms with van der Waals surface area (Å²) in [4.78, 5) is 19.1. The Morgan fingerprint density at radius 3 is 2.42 bits per heavy atom. The van der Waals surface area contributed by atoms with Crippen LogP contribution < -0.4 is 4.74 Å². The van der Waals surface area contributed by atoms with E-state index in [9.17, 15) is 13.2 Å². The molecule has 24 heavy (non-hydrogen) atoms. The number of cyclic esters (lactones) is 1. The van der Waals surface area contributed by atoms with E-state index in [1.165, 1.54) is 24.7 Å². The normalized spacial score (nSPS) is 17.0. The van der Waals surface area contributed by atoms with Gasteiger partial charge in [-0.1, -0.05) is 12.1 Å². The van der Waals surface area contributed by atoms with E-state index in [2.05, 4.69) is 9.97 Å². The molecule has 8 heteroatoms. The molecule has 2 heterocycles. The van der Waals surface area contributed by atoms with Crippen molar-refractivity contribution in [2.24, 2.45) is 0 Å². The first-order valence-corrected chi connectivity index (χ1v) is 9.03. The van der Waals surface area contributed by atoms with Gasteiger partial charge in [0.15, 0.2) is 9.84 Å². The molecule has 1 aliphatic rings. The molecular weight excluding hydrogens is 332 g/mol. The van der Waals surface area contributed by atoms with Crippen molar-refractivity contribution >= 4 is 21.4 Å². The number of nitrogens with zero attached hydrogens (tertiary/aromatic N) is 1. The highest BCUT2D eigenvalue weighted by Gasteiger charge is 2.43. The summed E-state index contributed by atoms with van der Waals surface area (Å²) in [6.07, 6.45) is 4.08. The molecule has 1 N–H and O–H groups in total. The molecule has 0 amide bonds. The number of aromatic nitrogens is 2. The lowest BCUT2D eigenvalue weighted by Gasteiger charge is -2.21. The largest absolute Gasteiger partial charge is 0.449 e. The molecule has 1 aliphatic heterocycles. The molecule has 0 saturated heterocycles. The number of rotatable bonds is 4. The Hall–Kier alpha value is -2.61. The minimum Gasteiger partial charge on any atom is -0.449 e. The minimum atomic E-state index is -3.30. The average Bonchev–Trinajstić information content (AvgIpc) is 3.05. The standard InChI is InChI=1S/C16H16N2O5S/c1-16(2)13(10-4-6-11(7-5-10)24(3,20)21)14(15(19)23-16)22-12-8-17-9-18-12/h4-9H,1-3H3,(H,17,18). The molecule has 0 spiro atoms. The minimum absolute atomic E-state index is 0.0409. The maximum absolute atomic E-state index is 12.2. The summed E-state index contributed by atoms with van der Waals surface area (Å²) < 4.78 is 34.1. The third-order valence-corrected chi connectivity index (χ3v) is 4.74. The number of esters is 1. The molecule has 0 atom stereocenters. The molecule has 3 rings (SSSR count). The van der Waals surface area contributed by atoms with Gasteiger partial charge in [0.25, 0.3) is 0 Å². The van der Waals surface area contributed by atoms with E-state index in [1.807, 2.05) is 0 Å². The highest BCUT2D eigenvalue weighted by atomic mass is 32.2. The van der Waals surface area contributed by atoms with Crippen LogP contribution in [0.5, 0.6) is 5.88 Å². The van der Waals surface area contributed by atoms with Crippen molar-refractivity contribution in [3.8, 4) is 5.88 Å². The lowest BCUT2D eigenvalue weighted by molar-refractivity contribution is -0.145. The van der Waals surface area contributed by atoms with Crippen molar-refractivity contribution in [1.29, 1.82) is 0 Å². The molecule has 0 bridgehead atoms. The number of benzene rings is 1. The molecule has 0 fully saturated rings. The third kappa shape index (κ3) is 2.92. The number of carbonyl (C=O) groups excluding carboxylic acids is 1. The highest BCUT2D eigenvalue weighted by molar-refractivity contribution is 7.90. The first kappa shape index (κ1) is 16.3. The van der Waals surface area contributed by atoms with Gasteiger partial charge in [0.05, 0.1) is 23.0 Å². The van der Waals surface area contributed by atoms with Crippen molar-refractivity contribution in [3.05, 3.63) is 48.1 Å². The predicted molar refractivity (Wildman–Crippen MR) is 85.9 cm³/mol. The fourth-order valence-electron chi connectivity index (χ4n) is 2.55. The average molecular weight is 348 g/mol. The van der Waals surface area contributed by atoms with Gasteiger partial charge in [-0.2, -0.15) is 0 Å². The molecule has 7 nitrogen and oxygen atoms in total. The Balaban J connectivity index is 2.09. The zero-order chi connectivity index (χ0) is 17.5. The summed E-state index contributed by atoms with van der Waals surface area (Å²) in [5.74, 6) is -0.311. The van der Waals surface area contributed by atoms with Gasteiger partial charge in [-0.15, -0.1) is 0 Å². The summed E-state index contributed by atoms with van der Waals surface area (Å²) in [7, 11) is -3.30. The Labute approximate surface area is 139 Å². The number of sulfone groups is 1. The van der Waals surface area contributed by atoms with Crippen LogP contribution >= 0.6 is 0 Å². The smallest absolute Gasteiger partial charge is 0.375 e. The van der Waals surface area contributed by atoms with Crippen LogP contribution in [-0.2, 0) is 19.4 Å². The van der Waals surface area contributed by atoms with E-state index in [0.29, 0.717) is 11.1 Å². The molecule has 1 aromatic heterocycles. The van der Waals surface area contributed by atoms with E-state index in [1.54, 1.807) is 26.0 Å². The zero-order valence-corrected chi connectivity index (χ0v) is 14.2. The molecular formula is C16H16N2O5S. The van der Waals surface area contributed by atoms with Crippen LogP contribution in [0, 0.1) is 0 Å². The molecule has 126 valence electrons. The summed E-state index contributed by atoms with van der Waals surface area (Å²) in [6, 6.07) is 6.23. The van der Waals surface area contributed by atoms with Crippen molar-refractivity contribution < 1.29 is 22.7 Å². The van der Waals surface area contributed by atoms with Crippen LogP contribution in [0.4, 0.5) is 0 Å². The van der Waals surface area contributed by atoms with E-state index < -0.39 is 21.4 Å². The fourth-order valence-corrected chi connectivity index (χ4v) is 3.18. The van der Waals surface area contributed by atoms with Crippen LogP contribution in [0.25, 0.3) is 5.57 Å². The van der Waals surface area contributed by atoms with Crippen molar-refractivity contribution in [1.82, 2.24) is 9.97 Å². The molecule has 1 aromatic carbocycles. The van der Waals surface area contributed by atoms with Crippen LogP contribution in [-0.4, -0.2) is 36.2 Å². The van der Waals surface area contributed by atoms with Crippen LogP contribution in [0.2, 0.25) is 0 Å². The van der Waals surface area contributed by atoms with E-state index in [4.69, 9.17) is 9.47 Å². The van der Waals surface area contributed by atoms with Gasteiger partial charge >= 0.3 is 5.97 Å². The molecule has 0 aliphatic carbocycles. The number of nitrogens with one attached hydrogen (secondary N) is 1. The number of ether oxygens (including phenoxy) is 2. The van der Waals surface area contributed by atoms with Crippen LogP contribution in [0.1, 0.15) is 19.4 Å². The summed E-state index contributed by atoms with van der Waals surface area (Å²) in [5.41, 5.74) is 0.273. The third-order valence-electron chi connectivity index (χ3n) is 3.61. The number of aromatic amines is 1. The molecule has 2 aromatic rings. The number of hydrogen-bond donors (Lipinski definition) is 1. The number of carbonyl (C=O) groups is 1. The Bertz CT molecular complexity index is 910. The number of hydrogen-bond acceptors (Lipinski definition) is 6. The van der Waals surface area contributed by atoms with Gasteiger partial charge in [0.1, 0.15) is 5.60 Å². The second-order valence-corrected chi connectivity index (χ2v) is 7.93. The van der Waals surface area contributed by atoms with Crippen molar-refractivity contribution in [3.63, 3.8) is 0 Å². The highest BCUT2D eigenvalue weighted by Crippen LogP contribution is 2.40. The Morgan fingerprint density at radius 2 is 1.88 bits per heavy atom. The Kier molecular flexibility index (Phi) is 3.71. The van der Waals surface area contributed by atoms with Crippen molar-refractivity contribution in [2.75, 3.05) is 6.26 Å². The van der Waals surface area contributed by atoms with Crippen LogP contribution in [0.15, 0.2) is 47.4 Å². The zero-order valence-electron chi connectivity index (χ0n) is 13.4. The number of imidazole rings is 1. The first-order valence-electron chi connectivity index (χ1n) is 7.14. The van der Waals surface area contributed by atoms with Gasteiger partial charge in [-0.3, -0.25) is 0 Å². The lowest BCUT2D eigenvalue weighted by Crippen LogP contribution is -2.22. The topological polar surface area (TPSA) is 98.3 Å². The summed E-state index contributed by atoms with van der Waals surface area (Å²) in [6.45, 7) is 3.48. The fraction of sp³-hybridized carbons (Fsp3) is 0.250. The quantitative estimate of drug-likeness (QED) is 0.848. The maximum Gasteiger partial charge on any atom is 0.375 e. The molecule has 0 radical (unpaired) electrons. The number of H-pyrrole nitrogens is 1. The molecule has 0 saturated carbocycles. The van der Waals surface area contributed by atoms with Gasteiger partial charge in [0.2, 0.25) is 11.6 Å². The van der Waals surface area contributed by atoms with Gasteiger partial charge in [-0.25, -0.2) is 18.2 Å². The van der Waals surface area contributed by atoms with E-state index in [0.717, 1.165) is 6.26 Å². The van der Waals surface area contributed by atoms with Crippen LogP contribution in [0.3, 0.4) is 0 Å². The van der Waals surface area contributed by atoms with Gasteiger partial charge in [-0.05, 0) is 31.5 Å². The second kappa shape index (κ2) is 5.48. The van der Waals surface area contributed by atoms with E-state index >= 15 is 0 Å². The van der Waals surface area contributed by atoms with E-state index in [-0.39, 0.29) is 16.5 Å². The van der Waals surface area contributed by atoms with Crippen molar-refractivity contribution in [2.45, 2.75) is 24.3 Å². The van der Waals surface area contributed by atoms with Gasteiger partial charge in [0, 0.05) is 6.26 Å². The Morgan fingerprint density at radius 1 is 1.21 bits per heavy atom. The first-order chi connectivity index (χ1) is 11.2. The molecule has 0 unspecified atom stereocenters. The summed E-state index contributed by atoms with van der Waals surface area (Å²) >= 11 is 0. The predicted octanol–water partition coefficient (Wildman–Crippen LogP) is 1.94. The summed E-state index contributed by atoms with van der Waals surface area (Å²) in [5, 5.41) is 0.